The van der Waals surface area contributed by atoms with Crippen molar-refractivity contribution in [1.29, 1.82) is 0 Å². The molecule has 4 rings (SSSR count). The van der Waals surface area contributed by atoms with Crippen LogP contribution in [-0.2, 0) is 4.79 Å². The Morgan fingerprint density at radius 2 is 2.29 bits per heavy atom. The molecule has 1 aliphatic carbocycles. The minimum atomic E-state index is -0.200. The van der Waals surface area contributed by atoms with Crippen molar-refractivity contribution in [2.45, 2.75) is 37.9 Å². The van der Waals surface area contributed by atoms with E-state index in [0.717, 1.165) is 34.5 Å². The van der Waals surface area contributed by atoms with Crippen LogP contribution in [0.2, 0.25) is 0 Å². The highest BCUT2D eigenvalue weighted by atomic mass is 32.2. The number of nitrogens with zero attached hydrogens (tertiary/aromatic N) is 3. The number of anilines is 1. The number of Topliss-reactive ketones (excluding diaryl/α,β-unsaturated/α-hetero) is 1. The van der Waals surface area contributed by atoms with Crippen molar-refractivity contribution >= 4 is 23.5 Å². The third kappa shape index (κ3) is 2.55. The number of hydrogen-bond donors (Lipinski definition) is 1. The Balaban J connectivity index is 1.88. The van der Waals surface area contributed by atoms with Crippen LogP contribution in [-0.4, -0.2) is 26.3 Å². The summed E-state index contributed by atoms with van der Waals surface area (Å²) in [6.45, 7) is 4.16. The lowest BCUT2D eigenvalue weighted by Gasteiger charge is -2.36. The number of thioether (sulfide) groups is 1. The molecule has 2 atom stereocenters. The van der Waals surface area contributed by atoms with E-state index in [4.69, 9.17) is 0 Å². The standard InChI is InChI=1S/C18H20N4OS/c1-3-24-18-20-17-19-13-8-5-9-14(23)15(13)16(22(17)21-18)12-7-4-6-11(2)10-12/h4,6-8,10,15-16H,3,5,9H2,1-2H3,(H,19,20,21)/t15-,16-/m1/s1. The molecule has 0 fully saturated rings. The molecule has 0 saturated heterocycles. The molecule has 0 bridgehead atoms. The fourth-order valence-electron chi connectivity index (χ4n) is 3.53. The fraction of sp³-hybridized carbons (Fsp3) is 0.389. The minimum Gasteiger partial charge on any atom is -0.328 e. The molecular weight excluding hydrogens is 320 g/mol. The first-order valence-electron chi connectivity index (χ1n) is 8.33. The Hall–Kier alpha value is -2.08. The molecule has 1 aromatic heterocycles. The Morgan fingerprint density at radius 3 is 3.08 bits per heavy atom. The van der Waals surface area contributed by atoms with Crippen LogP contribution in [0.5, 0.6) is 0 Å². The van der Waals surface area contributed by atoms with Gasteiger partial charge < -0.3 is 5.32 Å². The van der Waals surface area contributed by atoms with Crippen molar-refractivity contribution in [3.8, 4) is 0 Å². The summed E-state index contributed by atoms with van der Waals surface area (Å²) in [6.07, 6.45) is 3.53. The first-order valence-corrected chi connectivity index (χ1v) is 9.31. The van der Waals surface area contributed by atoms with Gasteiger partial charge in [-0.1, -0.05) is 54.6 Å². The van der Waals surface area contributed by atoms with E-state index in [1.807, 2.05) is 10.7 Å². The number of carbonyl (C=O) groups is 1. The molecule has 0 radical (unpaired) electrons. The van der Waals surface area contributed by atoms with Crippen LogP contribution < -0.4 is 5.32 Å². The zero-order chi connectivity index (χ0) is 16.7. The maximum Gasteiger partial charge on any atom is 0.227 e. The molecule has 5 nitrogen and oxygen atoms in total. The molecule has 124 valence electrons. The lowest BCUT2D eigenvalue weighted by Crippen LogP contribution is -2.38. The zero-order valence-electron chi connectivity index (χ0n) is 13.8. The summed E-state index contributed by atoms with van der Waals surface area (Å²) < 4.78 is 1.90. The van der Waals surface area contributed by atoms with Crippen LogP contribution in [0.25, 0.3) is 0 Å². The summed E-state index contributed by atoms with van der Waals surface area (Å²) in [5.74, 6) is 1.73. The van der Waals surface area contributed by atoms with Crippen molar-refractivity contribution in [2.24, 2.45) is 5.92 Å². The summed E-state index contributed by atoms with van der Waals surface area (Å²) in [6, 6.07) is 8.22. The predicted octanol–water partition coefficient (Wildman–Crippen LogP) is 3.58. The minimum absolute atomic E-state index is 0.126. The van der Waals surface area contributed by atoms with Gasteiger partial charge >= 0.3 is 0 Å². The monoisotopic (exact) mass is 340 g/mol. The highest BCUT2D eigenvalue weighted by molar-refractivity contribution is 7.99. The molecule has 0 amide bonds. The molecule has 2 aromatic rings. The molecule has 1 N–H and O–H groups in total. The van der Waals surface area contributed by atoms with E-state index >= 15 is 0 Å². The molecule has 1 aromatic carbocycles. The second kappa shape index (κ2) is 6.09. The Kier molecular flexibility index (Phi) is 3.92. The van der Waals surface area contributed by atoms with Gasteiger partial charge in [-0.25, -0.2) is 4.68 Å². The largest absolute Gasteiger partial charge is 0.328 e. The van der Waals surface area contributed by atoms with Gasteiger partial charge in [-0.15, -0.1) is 5.10 Å². The van der Waals surface area contributed by atoms with Crippen molar-refractivity contribution in [2.75, 3.05) is 11.1 Å². The van der Waals surface area contributed by atoms with E-state index in [0.29, 0.717) is 6.42 Å². The van der Waals surface area contributed by atoms with Crippen LogP contribution in [0.15, 0.2) is 41.2 Å². The van der Waals surface area contributed by atoms with Gasteiger partial charge in [-0.05, 0) is 24.7 Å². The van der Waals surface area contributed by atoms with Gasteiger partial charge in [0.2, 0.25) is 11.1 Å². The lowest BCUT2D eigenvalue weighted by atomic mass is 9.80. The van der Waals surface area contributed by atoms with Crippen LogP contribution in [0.1, 0.15) is 36.9 Å². The Bertz CT molecular complexity index is 826. The van der Waals surface area contributed by atoms with Crippen molar-refractivity contribution < 1.29 is 4.79 Å². The van der Waals surface area contributed by atoms with Crippen molar-refractivity contribution in [3.05, 3.63) is 47.2 Å². The SMILES string of the molecule is CCSc1nc2n(n1)[C@H](c1cccc(C)c1)[C@H]1C(=O)CCC=C1N2. The highest BCUT2D eigenvalue weighted by Gasteiger charge is 2.41. The third-order valence-electron chi connectivity index (χ3n) is 4.54. The molecule has 1 aliphatic heterocycles. The first-order chi connectivity index (χ1) is 11.7. The smallest absolute Gasteiger partial charge is 0.227 e. The van der Waals surface area contributed by atoms with Gasteiger partial charge in [-0.3, -0.25) is 4.79 Å². The van der Waals surface area contributed by atoms with Gasteiger partial charge in [0.05, 0.1) is 12.0 Å². The number of aromatic nitrogens is 3. The van der Waals surface area contributed by atoms with Crippen LogP contribution in [0.4, 0.5) is 5.95 Å². The quantitative estimate of drug-likeness (QED) is 0.866. The lowest BCUT2D eigenvalue weighted by molar-refractivity contribution is -0.123. The van der Waals surface area contributed by atoms with Crippen LogP contribution >= 0.6 is 11.8 Å². The topological polar surface area (TPSA) is 59.8 Å². The summed E-state index contributed by atoms with van der Waals surface area (Å²) in [7, 11) is 0. The third-order valence-corrected chi connectivity index (χ3v) is 5.26. The molecule has 0 spiro atoms. The summed E-state index contributed by atoms with van der Waals surface area (Å²) in [5.41, 5.74) is 3.28. The van der Waals surface area contributed by atoms with Gasteiger partial charge in [0.15, 0.2) is 0 Å². The molecule has 24 heavy (non-hydrogen) atoms. The number of allylic oxidation sites excluding steroid dienone is 2. The van der Waals surface area contributed by atoms with E-state index in [9.17, 15) is 4.79 Å². The number of rotatable bonds is 3. The number of fused-ring (bicyclic) bond motifs is 2. The molecular formula is C18H20N4OS. The number of hydrogen-bond acceptors (Lipinski definition) is 5. The van der Waals surface area contributed by atoms with E-state index in [2.05, 4.69) is 53.5 Å². The van der Waals surface area contributed by atoms with Gasteiger partial charge in [-0.2, -0.15) is 4.98 Å². The van der Waals surface area contributed by atoms with E-state index in [1.165, 1.54) is 5.56 Å². The summed E-state index contributed by atoms with van der Waals surface area (Å²) in [5, 5.41) is 8.77. The highest BCUT2D eigenvalue weighted by Crippen LogP contribution is 2.41. The Labute approximate surface area is 145 Å². The molecule has 0 saturated carbocycles. The fourth-order valence-corrected chi connectivity index (χ4v) is 4.09. The number of aryl methyl sites for hydroxylation is 1. The number of ketones is 1. The number of benzene rings is 1. The number of nitrogens with one attached hydrogen (secondary N) is 1. The van der Waals surface area contributed by atoms with Crippen molar-refractivity contribution in [3.63, 3.8) is 0 Å². The van der Waals surface area contributed by atoms with E-state index in [1.54, 1.807) is 11.8 Å². The molecule has 6 heteroatoms. The van der Waals surface area contributed by atoms with Crippen LogP contribution in [0.3, 0.4) is 0 Å². The second-order valence-corrected chi connectivity index (χ2v) is 7.45. The summed E-state index contributed by atoms with van der Waals surface area (Å²) >= 11 is 1.62. The zero-order valence-corrected chi connectivity index (χ0v) is 14.6. The molecule has 2 aliphatic rings. The van der Waals surface area contributed by atoms with E-state index < -0.39 is 0 Å². The van der Waals surface area contributed by atoms with Gasteiger partial charge in [0, 0.05) is 12.1 Å². The average molecular weight is 340 g/mol. The normalized spacial score (nSPS) is 22.4. The number of carbonyl (C=O) groups excluding carboxylic acids is 1. The maximum atomic E-state index is 12.7. The first kappa shape index (κ1) is 15.4. The van der Waals surface area contributed by atoms with Gasteiger partial charge in [0.25, 0.3) is 0 Å². The molecule has 2 heterocycles. The second-order valence-electron chi connectivity index (χ2n) is 6.22. The Morgan fingerprint density at radius 1 is 1.42 bits per heavy atom. The maximum absolute atomic E-state index is 12.7. The van der Waals surface area contributed by atoms with Gasteiger partial charge in [0.1, 0.15) is 5.78 Å². The average Bonchev–Trinajstić information content (AvgIpc) is 2.95. The molecule has 0 unspecified atom stereocenters. The van der Waals surface area contributed by atoms with Crippen molar-refractivity contribution in [1.82, 2.24) is 14.8 Å². The van der Waals surface area contributed by atoms with Crippen LogP contribution in [0, 0.1) is 12.8 Å². The van der Waals surface area contributed by atoms with E-state index in [-0.39, 0.29) is 17.7 Å². The predicted molar refractivity (Wildman–Crippen MR) is 95.2 cm³/mol. The summed E-state index contributed by atoms with van der Waals surface area (Å²) in [4.78, 5) is 17.3.